The van der Waals surface area contributed by atoms with Crippen molar-refractivity contribution >= 4 is 71.2 Å². The smallest absolute Gasteiger partial charge is 0.0546 e. The van der Waals surface area contributed by atoms with Crippen LogP contribution in [0.25, 0.3) is 93.2 Å². The van der Waals surface area contributed by atoms with Crippen molar-refractivity contribution in [3.05, 3.63) is 243 Å². The molecule has 2 heteroatoms. The Morgan fingerprint density at radius 1 is 0.290 bits per heavy atom. The highest BCUT2D eigenvalue weighted by Gasteiger charge is 2.19. The summed E-state index contributed by atoms with van der Waals surface area (Å²) in [4.78, 5) is 2.43. The van der Waals surface area contributed by atoms with Gasteiger partial charge in [0.05, 0.1) is 16.7 Å². The average molecular weight is 789 g/mol. The molecule has 0 aliphatic carbocycles. The van der Waals surface area contributed by atoms with Crippen LogP contribution in [-0.2, 0) is 0 Å². The molecule has 290 valence electrons. The number of aromatic nitrogens is 1. The fraction of sp³-hybridized carbons (Fsp3) is 0. The third kappa shape index (κ3) is 5.96. The van der Waals surface area contributed by atoms with Gasteiger partial charge in [0, 0.05) is 33.2 Å². The van der Waals surface area contributed by atoms with Crippen LogP contribution in [0, 0.1) is 0 Å². The maximum atomic E-state index is 2.43. The van der Waals surface area contributed by atoms with Crippen molar-refractivity contribution in [2.75, 3.05) is 4.90 Å². The van der Waals surface area contributed by atoms with Crippen LogP contribution in [0.2, 0.25) is 0 Å². The summed E-state index contributed by atoms with van der Waals surface area (Å²) >= 11 is 0. The summed E-state index contributed by atoms with van der Waals surface area (Å²) in [6.45, 7) is 0. The highest BCUT2D eigenvalue weighted by Crippen LogP contribution is 2.44. The minimum Gasteiger partial charge on any atom is -0.310 e. The van der Waals surface area contributed by atoms with Crippen LogP contribution in [0.15, 0.2) is 243 Å². The number of anilines is 3. The third-order valence-corrected chi connectivity index (χ3v) is 12.6. The fourth-order valence-corrected chi connectivity index (χ4v) is 9.70. The zero-order valence-electron chi connectivity index (χ0n) is 34.0. The molecule has 12 aromatic rings. The van der Waals surface area contributed by atoms with Gasteiger partial charge in [-0.05, 0) is 115 Å². The summed E-state index contributed by atoms with van der Waals surface area (Å²) in [6, 6.07) is 88.5. The maximum Gasteiger partial charge on any atom is 0.0546 e. The minimum atomic E-state index is 1.09. The second kappa shape index (κ2) is 14.8. The Labute approximate surface area is 360 Å². The van der Waals surface area contributed by atoms with Gasteiger partial charge >= 0.3 is 0 Å². The number of benzene rings is 11. The van der Waals surface area contributed by atoms with E-state index in [0.717, 1.165) is 22.7 Å². The molecule has 1 heterocycles. The Kier molecular flexibility index (Phi) is 8.53. The van der Waals surface area contributed by atoms with Crippen LogP contribution in [0.3, 0.4) is 0 Å². The summed E-state index contributed by atoms with van der Waals surface area (Å²) in [5.74, 6) is 0. The van der Waals surface area contributed by atoms with E-state index in [1.54, 1.807) is 0 Å². The standard InChI is InChI=1S/C60H40N2/c1-2-15-42(16-3-1)51-27-13-18-44-19-14-28-52(60(44)51)43-33-37-48(38-34-43)61(59-40-46-17-4-5-22-50(46)53-23-6-7-24-54(53)59)47-35-31-41(32-36-47)45-20-12-21-49(39-45)62-57-29-10-8-25-55(57)56-26-9-11-30-58(56)62/h1-40H. The molecule has 0 saturated carbocycles. The Morgan fingerprint density at radius 2 is 0.774 bits per heavy atom. The predicted octanol–water partition coefficient (Wildman–Crippen LogP) is 16.7. The second-order valence-electron chi connectivity index (χ2n) is 16.1. The summed E-state index contributed by atoms with van der Waals surface area (Å²) in [6.07, 6.45) is 0. The zero-order chi connectivity index (χ0) is 41.0. The van der Waals surface area contributed by atoms with Crippen molar-refractivity contribution in [1.82, 2.24) is 4.57 Å². The first-order valence-electron chi connectivity index (χ1n) is 21.3. The highest BCUT2D eigenvalue weighted by molar-refractivity contribution is 6.15. The lowest BCUT2D eigenvalue weighted by molar-refractivity contribution is 1.18. The SMILES string of the molecule is c1ccc(-c2cccc3cccc(-c4ccc(N(c5ccc(-c6cccc(-n7c8ccccc8c8ccccc87)c6)cc5)c5cc6ccccc6c6ccccc56)cc4)c23)cc1. The van der Waals surface area contributed by atoms with E-state index in [1.807, 2.05) is 0 Å². The lowest BCUT2D eigenvalue weighted by Gasteiger charge is -2.28. The molecule has 0 N–H and O–H groups in total. The minimum absolute atomic E-state index is 1.09. The van der Waals surface area contributed by atoms with Crippen LogP contribution < -0.4 is 4.90 Å². The molecule has 1 aromatic heterocycles. The van der Waals surface area contributed by atoms with Crippen molar-refractivity contribution in [2.24, 2.45) is 0 Å². The summed E-state index contributed by atoms with van der Waals surface area (Å²) in [7, 11) is 0. The van der Waals surface area contributed by atoms with Crippen molar-refractivity contribution in [1.29, 1.82) is 0 Å². The number of fused-ring (bicyclic) bond motifs is 7. The first-order chi connectivity index (χ1) is 30.8. The predicted molar refractivity (Wildman–Crippen MR) is 264 cm³/mol. The fourth-order valence-electron chi connectivity index (χ4n) is 9.70. The summed E-state index contributed by atoms with van der Waals surface area (Å²) in [5.41, 5.74) is 14.1. The van der Waals surface area contributed by atoms with Crippen molar-refractivity contribution in [3.8, 4) is 39.1 Å². The van der Waals surface area contributed by atoms with E-state index in [4.69, 9.17) is 0 Å². The molecule has 0 radical (unpaired) electrons. The Hall–Kier alpha value is -8.20. The van der Waals surface area contributed by atoms with Gasteiger partial charge in [-0.3, -0.25) is 0 Å². The Bertz CT molecular complexity index is 3560. The first kappa shape index (κ1) is 35.7. The quantitative estimate of drug-likeness (QED) is 0.146. The number of hydrogen-bond donors (Lipinski definition) is 0. The molecular weight excluding hydrogens is 749 g/mol. The molecule has 12 rings (SSSR count). The Morgan fingerprint density at radius 3 is 1.44 bits per heavy atom. The van der Waals surface area contributed by atoms with E-state index in [2.05, 4.69) is 252 Å². The van der Waals surface area contributed by atoms with Gasteiger partial charge in [-0.15, -0.1) is 0 Å². The first-order valence-corrected chi connectivity index (χ1v) is 21.3. The molecule has 0 unspecified atom stereocenters. The zero-order valence-corrected chi connectivity index (χ0v) is 34.0. The van der Waals surface area contributed by atoms with Gasteiger partial charge in [0.2, 0.25) is 0 Å². The lowest BCUT2D eigenvalue weighted by Crippen LogP contribution is -2.10. The van der Waals surface area contributed by atoms with Gasteiger partial charge in [0.1, 0.15) is 0 Å². The van der Waals surface area contributed by atoms with Crippen LogP contribution in [0.4, 0.5) is 17.1 Å². The number of rotatable bonds is 7. The monoisotopic (exact) mass is 788 g/mol. The van der Waals surface area contributed by atoms with Crippen molar-refractivity contribution in [2.45, 2.75) is 0 Å². The van der Waals surface area contributed by atoms with Crippen LogP contribution in [0.5, 0.6) is 0 Å². The van der Waals surface area contributed by atoms with E-state index in [9.17, 15) is 0 Å². The molecule has 62 heavy (non-hydrogen) atoms. The normalized spacial score (nSPS) is 11.5. The molecule has 0 fully saturated rings. The molecule has 0 aliphatic rings. The van der Waals surface area contributed by atoms with E-state index < -0.39 is 0 Å². The molecule has 11 aromatic carbocycles. The largest absolute Gasteiger partial charge is 0.310 e. The summed E-state index contributed by atoms with van der Waals surface area (Å²) in [5, 5.41) is 9.95. The Balaban J connectivity index is 0.986. The molecule has 0 saturated heterocycles. The van der Waals surface area contributed by atoms with Gasteiger partial charge in [0.15, 0.2) is 0 Å². The summed E-state index contributed by atoms with van der Waals surface area (Å²) < 4.78 is 2.39. The maximum absolute atomic E-state index is 2.43. The van der Waals surface area contributed by atoms with E-state index in [1.165, 1.54) is 87.5 Å². The third-order valence-electron chi connectivity index (χ3n) is 12.6. The van der Waals surface area contributed by atoms with E-state index >= 15 is 0 Å². The lowest BCUT2D eigenvalue weighted by atomic mass is 9.91. The second-order valence-corrected chi connectivity index (χ2v) is 16.1. The highest BCUT2D eigenvalue weighted by atomic mass is 15.1. The molecule has 0 bridgehead atoms. The number of para-hydroxylation sites is 2. The molecule has 0 aliphatic heterocycles. The molecule has 0 spiro atoms. The van der Waals surface area contributed by atoms with Crippen molar-refractivity contribution < 1.29 is 0 Å². The molecule has 2 nitrogen and oxygen atoms in total. The topological polar surface area (TPSA) is 8.17 Å². The molecular formula is C60H40N2. The molecule has 0 atom stereocenters. The average Bonchev–Trinajstić information content (AvgIpc) is 3.69. The van der Waals surface area contributed by atoms with Crippen LogP contribution in [-0.4, -0.2) is 4.57 Å². The van der Waals surface area contributed by atoms with E-state index in [-0.39, 0.29) is 0 Å². The van der Waals surface area contributed by atoms with Crippen molar-refractivity contribution in [3.63, 3.8) is 0 Å². The van der Waals surface area contributed by atoms with Gasteiger partial charge in [-0.2, -0.15) is 0 Å². The van der Waals surface area contributed by atoms with Crippen LogP contribution >= 0.6 is 0 Å². The van der Waals surface area contributed by atoms with Gasteiger partial charge < -0.3 is 9.47 Å². The van der Waals surface area contributed by atoms with Crippen LogP contribution in [0.1, 0.15) is 0 Å². The van der Waals surface area contributed by atoms with Gasteiger partial charge in [-0.1, -0.05) is 188 Å². The number of hydrogen-bond acceptors (Lipinski definition) is 1. The van der Waals surface area contributed by atoms with Gasteiger partial charge in [-0.25, -0.2) is 0 Å². The number of nitrogens with zero attached hydrogens (tertiary/aromatic N) is 2. The molecule has 0 amide bonds. The van der Waals surface area contributed by atoms with Gasteiger partial charge in [0.25, 0.3) is 0 Å². The van der Waals surface area contributed by atoms with E-state index in [0.29, 0.717) is 0 Å².